The molecule has 0 bridgehead atoms. The summed E-state index contributed by atoms with van der Waals surface area (Å²) in [6.45, 7) is 4.07. The van der Waals surface area contributed by atoms with Gasteiger partial charge in [0.1, 0.15) is 5.75 Å². The van der Waals surface area contributed by atoms with Crippen molar-refractivity contribution in [3.63, 3.8) is 0 Å². The van der Waals surface area contributed by atoms with E-state index in [0.717, 1.165) is 44.7 Å². The predicted molar refractivity (Wildman–Crippen MR) is 139 cm³/mol. The molecule has 0 spiro atoms. The van der Waals surface area contributed by atoms with Gasteiger partial charge in [0, 0.05) is 33.8 Å². The first kappa shape index (κ1) is 24.0. The lowest BCUT2D eigenvalue weighted by atomic mass is 10.1. The molecule has 4 aromatic rings. The lowest BCUT2D eigenvalue weighted by molar-refractivity contribution is -0.113. The Bertz CT molecular complexity index is 1290. The van der Waals surface area contributed by atoms with Crippen molar-refractivity contribution < 1.29 is 9.53 Å². The van der Waals surface area contributed by atoms with Crippen LogP contribution in [0, 0.1) is 6.92 Å². The van der Waals surface area contributed by atoms with Gasteiger partial charge in [-0.3, -0.25) is 14.3 Å². The van der Waals surface area contributed by atoms with Crippen LogP contribution in [0.3, 0.4) is 0 Å². The number of hydrogen-bond acceptors (Lipinski definition) is 6. The Kier molecular flexibility index (Phi) is 7.64. The van der Waals surface area contributed by atoms with Crippen molar-refractivity contribution in [1.29, 1.82) is 0 Å². The average molecular weight is 538 g/mol. The largest absolute Gasteiger partial charge is 0.497 e. The van der Waals surface area contributed by atoms with Crippen molar-refractivity contribution in [2.24, 2.45) is 0 Å². The molecular weight excluding hydrogens is 514 g/mol. The second-order valence-electron chi connectivity index (χ2n) is 7.52. The molecule has 0 radical (unpaired) electrons. The number of methoxy groups -OCH3 is 1. The number of anilines is 1. The van der Waals surface area contributed by atoms with Crippen LogP contribution in [-0.2, 0) is 11.2 Å². The predicted octanol–water partition coefficient (Wildman–Crippen LogP) is 5.70. The molecule has 0 saturated heterocycles. The Morgan fingerprint density at radius 2 is 1.85 bits per heavy atom. The van der Waals surface area contributed by atoms with Crippen LogP contribution in [0.15, 0.2) is 70.6 Å². The molecule has 1 N–H and O–H groups in total. The molecule has 2 aromatic carbocycles. The van der Waals surface area contributed by atoms with Crippen LogP contribution in [0.1, 0.15) is 18.1 Å². The topological polar surface area (TPSA) is 81.9 Å². The van der Waals surface area contributed by atoms with E-state index >= 15 is 0 Å². The van der Waals surface area contributed by atoms with Gasteiger partial charge >= 0.3 is 0 Å². The number of halogens is 1. The third-order valence-corrected chi connectivity index (χ3v) is 6.65. The number of thioether (sulfide) groups is 1. The third kappa shape index (κ3) is 5.31. The van der Waals surface area contributed by atoms with Crippen molar-refractivity contribution in [3.05, 3.63) is 76.5 Å². The molecule has 0 fully saturated rings. The first-order valence-electron chi connectivity index (χ1n) is 10.7. The minimum Gasteiger partial charge on any atom is -0.497 e. The smallest absolute Gasteiger partial charge is 0.234 e. The van der Waals surface area contributed by atoms with Crippen LogP contribution in [0.25, 0.3) is 17.1 Å². The molecule has 0 aliphatic carbocycles. The van der Waals surface area contributed by atoms with Crippen molar-refractivity contribution in [2.45, 2.75) is 25.4 Å². The third-order valence-electron chi connectivity index (χ3n) is 5.26. The summed E-state index contributed by atoms with van der Waals surface area (Å²) < 4.78 is 8.24. The summed E-state index contributed by atoms with van der Waals surface area (Å²) >= 11 is 4.87. The molecule has 0 aliphatic heterocycles. The van der Waals surface area contributed by atoms with Crippen molar-refractivity contribution >= 4 is 39.3 Å². The minimum absolute atomic E-state index is 0.0973. The second kappa shape index (κ2) is 10.8. The number of aromatic nitrogens is 4. The maximum Gasteiger partial charge on any atom is 0.234 e. The Morgan fingerprint density at radius 1 is 1.12 bits per heavy atom. The summed E-state index contributed by atoms with van der Waals surface area (Å²) in [6.07, 6.45) is 4.26. The number of aryl methyl sites for hydroxylation is 2. The minimum atomic E-state index is -0.0973. The van der Waals surface area contributed by atoms with Crippen LogP contribution in [0.2, 0.25) is 0 Å². The number of carbonyl (C=O) groups is 1. The molecule has 0 aliphatic rings. The number of nitrogens with zero attached hydrogens (tertiary/aromatic N) is 4. The molecule has 1 amide bonds. The van der Waals surface area contributed by atoms with Crippen LogP contribution in [-0.4, -0.2) is 38.5 Å². The van der Waals surface area contributed by atoms with Gasteiger partial charge in [-0.25, -0.2) is 0 Å². The van der Waals surface area contributed by atoms with E-state index in [1.807, 2.05) is 60.0 Å². The zero-order valence-electron chi connectivity index (χ0n) is 19.1. The quantitative estimate of drug-likeness (QED) is 0.290. The molecule has 9 heteroatoms. The number of hydrogen-bond donors (Lipinski definition) is 1. The highest BCUT2D eigenvalue weighted by Gasteiger charge is 2.18. The standard InChI is InChI=1S/C25H24BrN5O2S/c1-4-17-14-19(26)13-16(2)23(17)28-22(32)15-34-25-30-29-24(18-9-11-27-12-10-18)31(25)20-5-7-21(33-3)8-6-20/h5-14H,4,15H2,1-3H3,(H,28,32). The Balaban J connectivity index is 1.60. The molecular formula is C25H24BrN5O2S. The second-order valence-corrected chi connectivity index (χ2v) is 9.38. The number of pyridine rings is 1. The monoisotopic (exact) mass is 537 g/mol. The highest BCUT2D eigenvalue weighted by Crippen LogP contribution is 2.30. The Labute approximate surface area is 211 Å². The Hall–Kier alpha value is -3.17. The van der Waals surface area contributed by atoms with Gasteiger partial charge in [0.15, 0.2) is 11.0 Å². The number of ether oxygens (including phenoxy) is 1. The summed E-state index contributed by atoms with van der Waals surface area (Å²) in [5.41, 5.74) is 4.73. The molecule has 0 unspecified atom stereocenters. The highest BCUT2D eigenvalue weighted by atomic mass is 79.9. The van der Waals surface area contributed by atoms with Crippen molar-refractivity contribution in [1.82, 2.24) is 19.7 Å². The molecule has 0 atom stereocenters. The van der Waals surface area contributed by atoms with E-state index in [2.05, 4.69) is 43.4 Å². The number of nitrogens with one attached hydrogen (secondary N) is 1. The molecule has 2 heterocycles. The maximum absolute atomic E-state index is 12.9. The van der Waals surface area contributed by atoms with Gasteiger partial charge in [-0.05, 0) is 73.0 Å². The highest BCUT2D eigenvalue weighted by molar-refractivity contribution is 9.10. The Morgan fingerprint density at radius 3 is 2.53 bits per heavy atom. The number of benzene rings is 2. The fourth-order valence-corrected chi connectivity index (χ4v) is 4.96. The van der Waals surface area contributed by atoms with Crippen LogP contribution < -0.4 is 10.1 Å². The van der Waals surface area contributed by atoms with Crippen molar-refractivity contribution in [3.8, 4) is 22.8 Å². The van der Waals surface area contributed by atoms with Gasteiger partial charge in [-0.1, -0.05) is 34.6 Å². The number of rotatable bonds is 8. The average Bonchev–Trinajstić information content (AvgIpc) is 3.28. The van der Waals surface area contributed by atoms with E-state index in [0.29, 0.717) is 11.0 Å². The van der Waals surface area contributed by atoms with Gasteiger partial charge in [-0.2, -0.15) is 0 Å². The normalized spacial score (nSPS) is 10.8. The summed E-state index contributed by atoms with van der Waals surface area (Å²) in [7, 11) is 1.63. The zero-order chi connectivity index (χ0) is 24.1. The summed E-state index contributed by atoms with van der Waals surface area (Å²) in [5, 5.41) is 12.5. The molecule has 174 valence electrons. The molecule has 34 heavy (non-hydrogen) atoms. The van der Waals surface area contributed by atoms with Crippen LogP contribution in [0.5, 0.6) is 5.75 Å². The van der Waals surface area contributed by atoms with Gasteiger partial charge in [0.25, 0.3) is 0 Å². The molecule has 4 rings (SSSR count). The summed E-state index contributed by atoms with van der Waals surface area (Å²) in [4.78, 5) is 17.0. The number of carbonyl (C=O) groups excluding carboxylic acids is 1. The lowest BCUT2D eigenvalue weighted by Crippen LogP contribution is -2.16. The zero-order valence-corrected chi connectivity index (χ0v) is 21.5. The van der Waals surface area contributed by atoms with E-state index in [-0.39, 0.29) is 11.7 Å². The maximum atomic E-state index is 12.9. The van der Waals surface area contributed by atoms with Gasteiger partial charge in [0.2, 0.25) is 5.91 Å². The number of amides is 1. The van der Waals surface area contributed by atoms with E-state index < -0.39 is 0 Å². The fourth-order valence-electron chi connectivity index (χ4n) is 3.59. The summed E-state index contributed by atoms with van der Waals surface area (Å²) in [6, 6.07) is 15.5. The molecule has 7 nitrogen and oxygen atoms in total. The van der Waals surface area contributed by atoms with E-state index in [9.17, 15) is 4.79 Å². The van der Waals surface area contributed by atoms with Gasteiger partial charge in [-0.15, -0.1) is 10.2 Å². The first-order valence-corrected chi connectivity index (χ1v) is 12.5. The van der Waals surface area contributed by atoms with Crippen LogP contribution in [0.4, 0.5) is 5.69 Å². The molecule has 0 saturated carbocycles. The fraction of sp³-hybridized carbons (Fsp3) is 0.200. The van der Waals surface area contributed by atoms with Gasteiger partial charge < -0.3 is 10.1 Å². The summed E-state index contributed by atoms with van der Waals surface area (Å²) in [5.74, 6) is 1.53. The van der Waals surface area contributed by atoms with E-state index in [1.54, 1.807) is 19.5 Å². The van der Waals surface area contributed by atoms with Crippen molar-refractivity contribution in [2.75, 3.05) is 18.2 Å². The SMILES string of the molecule is CCc1cc(Br)cc(C)c1NC(=O)CSc1nnc(-c2ccncc2)n1-c1ccc(OC)cc1. The van der Waals surface area contributed by atoms with E-state index in [1.165, 1.54) is 11.8 Å². The van der Waals surface area contributed by atoms with Gasteiger partial charge in [0.05, 0.1) is 12.9 Å². The first-order chi connectivity index (χ1) is 16.5. The van der Waals surface area contributed by atoms with Crippen LogP contribution >= 0.6 is 27.7 Å². The molecule has 2 aromatic heterocycles. The lowest BCUT2D eigenvalue weighted by Gasteiger charge is -2.14. The van der Waals surface area contributed by atoms with E-state index in [4.69, 9.17) is 4.74 Å².